The van der Waals surface area contributed by atoms with Crippen LogP contribution in [-0.4, -0.2) is 11.9 Å². The zero-order valence-corrected chi connectivity index (χ0v) is 15.1. The number of hydrogen-bond donors (Lipinski definition) is 0. The van der Waals surface area contributed by atoms with Crippen LogP contribution in [0.15, 0.2) is 83.5 Å². The molecule has 0 aromatic heterocycles. The molecule has 144 valence electrons. The van der Waals surface area contributed by atoms with Crippen LogP contribution in [0.5, 0.6) is 5.75 Å². The number of rotatable bonds is 5. The molecule has 0 radical (unpaired) electrons. The van der Waals surface area contributed by atoms with Crippen LogP contribution in [0.25, 0.3) is 6.08 Å². The van der Waals surface area contributed by atoms with Gasteiger partial charge < -0.3 is 9.47 Å². The number of benzene rings is 3. The molecule has 0 saturated heterocycles. The summed E-state index contributed by atoms with van der Waals surface area (Å²) in [5.41, 5.74) is 2.28. The van der Waals surface area contributed by atoms with Crippen LogP contribution in [0.3, 0.4) is 0 Å². The van der Waals surface area contributed by atoms with E-state index in [1.807, 2.05) is 0 Å². The van der Waals surface area contributed by atoms with E-state index in [4.69, 9.17) is 9.47 Å². The second kappa shape index (κ2) is 8.06. The monoisotopic (exact) mass is 391 g/mol. The van der Waals surface area contributed by atoms with Gasteiger partial charge in [0.05, 0.1) is 0 Å². The van der Waals surface area contributed by atoms with Crippen molar-refractivity contribution in [1.82, 2.24) is 0 Å². The van der Waals surface area contributed by atoms with Crippen molar-refractivity contribution in [2.24, 2.45) is 4.99 Å². The highest BCUT2D eigenvalue weighted by Crippen LogP contribution is 2.21. The average molecular weight is 391 g/mol. The minimum atomic E-state index is -0.569. The smallest absolute Gasteiger partial charge is 0.363 e. The maximum Gasteiger partial charge on any atom is 0.363 e. The first-order valence-corrected chi connectivity index (χ1v) is 8.83. The van der Waals surface area contributed by atoms with Gasteiger partial charge in [0, 0.05) is 5.56 Å². The van der Waals surface area contributed by atoms with E-state index in [9.17, 15) is 13.6 Å². The Balaban J connectivity index is 1.44. The Labute approximate surface area is 165 Å². The number of halogens is 2. The SMILES string of the molecule is O=C1OC(c2ccc(F)cc2)=N/C1=C\c1ccc(OCc2ccc(F)cc2)cc1. The molecule has 4 rings (SSSR count). The number of cyclic esters (lactones) is 1. The van der Waals surface area contributed by atoms with E-state index < -0.39 is 5.97 Å². The Morgan fingerprint density at radius 2 is 1.48 bits per heavy atom. The lowest BCUT2D eigenvalue weighted by Crippen LogP contribution is -2.05. The van der Waals surface area contributed by atoms with Gasteiger partial charge in [-0.15, -0.1) is 0 Å². The Morgan fingerprint density at radius 1 is 0.862 bits per heavy atom. The van der Waals surface area contributed by atoms with E-state index >= 15 is 0 Å². The zero-order valence-electron chi connectivity index (χ0n) is 15.1. The standard InChI is InChI=1S/C23H15F2NO3/c24-18-7-1-16(2-8-18)14-28-20-11-3-15(4-12-20)13-21-23(27)29-22(26-21)17-5-9-19(25)10-6-17/h1-13H,14H2/b21-13-. The van der Waals surface area contributed by atoms with Gasteiger partial charge >= 0.3 is 5.97 Å². The molecule has 6 heteroatoms. The molecule has 0 fully saturated rings. The first-order chi connectivity index (χ1) is 14.1. The Hall–Kier alpha value is -3.80. The summed E-state index contributed by atoms with van der Waals surface area (Å²) in [4.78, 5) is 16.2. The van der Waals surface area contributed by atoms with Gasteiger partial charge in [-0.1, -0.05) is 24.3 Å². The summed E-state index contributed by atoms with van der Waals surface area (Å²) >= 11 is 0. The third-order valence-electron chi connectivity index (χ3n) is 4.21. The highest BCUT2D eigenvalue weighted by molar-refractivity contribution is 6.12. The molecule has 1 aliphatic rings. The zero-order chi connectivity index (χ0) is 20.2. The number of nitrogens with zero attached hydrogens (tertiary/aromatic N) is 1. The van der Waals surface area contributed by atoms with Crippen molar-refractivity contribution >= 4 is 17.9 Å². The molecular weight excluding hydrogens is 376 g/mol. The van der Waals surface area contributed by atoms with Crippen LogP contribution in [0, 0.1) is 11.6 Å². The van der Waals surface area contributed by atoms with Crippen molar-refractivity contribution in [3.8, 4) is 5.75 Å². The number of carbonyl (C=O) groups excluding carboxylic acids is 1. The maximum absolute atomic E-state index is 13.0. The van der Waals surface area contributed by atoms with Crippen LogP contribution >= 0.6 is 0 Å². The third-order valence-corrected chi connectivity index (χ3v) is 4.21. The van der Waals surface area contributed by atoms with Gasteiger partial charge in [-0.05, 0) is 65.7 Å². The van der Waals surface area contributed by atoms with Gasteiger partial charge in [0.15, 0.2) is 5.70 Å². The first-order valence-electron chi connectivity index (χ1n) is 8.83. The quantitative estimate of drug-likeness (QED) is 0.460. The lowest BCUT2D eigenvalue weighted by Gasteiger charge is -2.06. The van der Waals surface area contributed by atoms with Crippen LogP contribution in [0.4, 0.5) is 8.78 Å². The molecule has 0 aliphatic carbocycles. The van der Waals surface area contributed by atoms with Crippen LogP contribution in [-0.2, 0) is 16.1 Å². The van der Waals surface area contributed by atoms with Gasteiger partial charge in [0.25, 0.3) is 0 Å². The lowest BCUT2D eigenvalue weighted by atomic mass is 10.2. The first kappa shape index (κ1) is 18.6. The fourth-order valence-corrected chi connectivity index (χ4v) is 2.69. The summed E-state index contributed by atoms with van der Waals surface area (Å²) < 4.78 is 36.8. The molecule has 1 heterocycles. The Morgan fingerprint density at radius 3 is 2.14 bits per heavy atom. The summed E-state index contributed by atoms with van der Waals surface area (Å²) in [6.07, 6.45) is 1.60. The fourth-order valence-electron chi connectivity index (χ4n) is 2.69. The Kier molecular flexibility index (Phi) is 5.16. The fraction of sp³-hybridized carbons (Fsp3) is 0.0435. The second-order valence-electron chi connectivity index (χ2n) is 6.33. The average Bonchev–Trinajstić information content (AvgIpc) is 3.09. The summed E-state index contributed by atoms with van der Waals surface area (Å²) in [5, 5.41) is 0. The van der Waals surface area contributed by atoms with E-state index in [1.54, 1.807) is 42.5 Å². The highest BCUT2D eigenvalue weighted by atomic mass is 19.1. The molecule has 29 heavy (non-hydrogen) atoms. The van der Waals surface area contributed by atoms with Crippen molar-refractivity contribution in [3.63, 3.8) is 0 Å². The second-order valence-corrected chi connectivity index (χ2v) is 6.33. The van der Waals surface area contributed by atoms with E-state index in [1.165, 1.54) is 36.4 Å². The Bertz CT molecular complexity index is 1090. The lowest BCUT2D eigenvalue weighted by molar-refractivity contribution is -0.129. The van der Waals surface area contributed by atoms with Crippen LogP contribution in [0.1, 0.15) is 16.7 Å². The summed E-state index contributed by atoms with van der Waals surface area (Å²) in [5.74, 6) is -0.458. The minimum Gasteiger partial charge on any atom is -0.489 e. The number of esters is 1. The van der Waals surface area contributed by atoms with E-state index in [0.717, 1.165) is 11.1 Å². The van der Waals surface area contributed by atoms with Gasteiger partial charge in [0.2, 0.25) is 5.90 Å². The van der Waals surface area contributed by atoms with E-state index in [2.05, 4.69) is 4.99 Å². The number of ether oxygens (including phenoxy) is 2. The van der Waals surface area contributed by atoms with Crippen molar-refractivity contribution in [3.05, 3.63) is 107 Å². The van der Waals surface area contributed by atoms with Crippen molar-refractivity contribution in [2.45, 2.75) is 6.61 Å². The topological polar surface area (TPSA) is 47.9 Å². The maximum atomic E-state index is 13.0. The molecule has 1 aliphatic heterocycles. The molecule has 0 bridgehead atoms. The van der Waals surface area contributed by atoms with Crippen LogP contribution < -0.4 is 4.74 Å². The molecule has 0 unspecified atom stereocenters. The molecule has 3 aromatic rings. The molecule has 0 amide bonds. The van der Waals surface area contributed by atoms with Crippen LogP contribution in [0.2, 0.25) is 0 Å². The predicted molar refractivity (Wildman–Crippen MR) is 104 cm³/mol. The van der Waals surface area contributed by atoms with Gasteiger partial charge in [-0.3, -0.25) is 0 Å². The van der Waals surface area contributed by atoms with Gasteiger partial charge in [0.1, 0.15) is 24.0 Å². The van der Waals surface area contributed by atoms with Crippen molar-refractivity contribution < 1.29 is 23.0 Å². The number of hydrogen-bond acceptors (Lipinski definition) is 4. The molecule has 4 nitrogen and oxygen atoms in total. The number of aliphatic imine (C=N–C) groups is 1. The van der Waals surface area contributed by atoms with Gasteiger partial charge in [-0.25, -0.2) is 18.6 Å². The molecule has 3 aromatic carbocycles. The molecule has 0 N–H and O–H groups in total. The normalized spacial score (nSPS) is 14.6. The highest BCUT2D eigenvalue weighted by Gasteiger charge is 2.24. The van der Waals surface area contributed by atoms with E-state index in [-0.39, 0.29) is 23.2 Å². The molecule has 0 spiro atoms. The summed E-state index contributed by atoms with van der Waals surface area (Å²) in [6.45, 7) is 0.318. The minimum absolute atomic E-state index is 0.139. The largest absolute Gasteiger partial charge is 0.489 e. The van der Waals surface area contributed by atoms with Crippen molar-refractivity contribution in [1.29, 1.82) is 0 Å². The molecular formula is C23H15F2NO3. The summed E-state index contributed by atoms with van der Waals surface area (Å²) in [7, 11) is 0. The predicted octanol–water partition coefficient (Wildman–Crippen LogP) is 4.89. The van der Waals surface area contributed by atoms with Crippen molar-refractivity contribution in [2.75, 3.05) is 0 Å². The molecule has 0 atom stereocenters. The van der Waals surface area contributed by atoms with E-state index in [0.29, 0.717) is 17.9 Å². The summed E-state index contributed by atoms with van der Waals surface area (Å²) in [6, 6.07) is 18.7. The molecule has 0 saturated carbocycles. The third kappa shape index (κ3) is 4.55. The van der Waals surface area contributed by atoms with Gasteiger partial charge in [-0.2, -0.15) is 0 Å². The number of carbonyl (C=O) groups is 1.